The molecule has 0 unspecified atom stereocenters. The molecular weight excluding hydrogens is 479 g/mol. The molecule has 1 aliphatic heterocycles. The van der Waals surface area contributed by atoms with Gasteiger partial charge in [-0.05, 0) is 68.8 Å². The molecule has 1 amide bonds. The maximum atomic E-state index is 13.0. The molecule has 9 heteroatoms. The van der Waals surface area contributed by atoms with Crippen LogP contribution < -0.4 is 10.2 Å². The van der Waals surface area contributed by atoms with E-state index < -0.39 is 11.9 Å². The normalized spacial score (nSPS) is 21.2. The predicted molar refractivity (Wildman–Crippen MR) is 137 cm³/mol. The van der Waals surface area contributed by atoms with Gasteiger partial charge in [0.15, 0.2) is 0 Å². The number of hydrogen-bond acceptors (Lipinski definition) is 5. The lowest BCUT2D eigenvalue weighted by molar-refractivity contribution is -0.141. The van der Waals surface area contributed by atoms with Crippen molar-refractivity contribution < 1.29 is 18.0 Å². The highest BCUT2D eigenvalue weighted by Gasteiger charge is 2.33. The molecule has 37 heavy (non-hydrogen) atoms. The maximum absolute atomic E-state index is 13.0. The molecule has 1 saturated carbocycles. The summed E-state index contributed by atoms with van der Waals surface area (Å²) in [6.07, 6.45) is 2.52. The van der Waals surface area contributed by atoms with Crippen LogP contribution in [0.3, 0.4) is 0 Å². The molecule has 0 atom stereocenters. The molecule has 2 fully saturated rings. The van der Waals surface area contributed by atoms with Crippen molar-refractivity contribution in [2.24, 2.45) is 5.92 Å². The van der Waals surface area contributed by atoms with Crippen molar-refractivity contribution in [3.63, 3.8) is 0 Å². The van der Waals surface area contributed by atoms with E-state index in [9.17, 15) is 18.0 Å². The number of para-hydroxylation sites is 1. The zero-order valence-corrected chi connectivity index (χ0v) is 20.8. The summed E-state index contributed by atoms with van der Waals surface area (Å²) in [5.41, 5.74) is 0.659. The van der Waals surface area contributed by atoms with Crippen LogP contribution in [0.15, 0.2) is 54.7 Å². The van der Waals surface area contributed by atoms with Gasteiger partial charge < -0.3 is 10.2 Å². The molecule has 0 radical (unpaired) electrons. The van der Waals surface area contributed by atoms with Gasteiger partial charge in [0.25, 0.3) is 5.91 Å². The van der Waals surface area contributed by atoms with E-state index in [4.69, 9.17) is 0 Å². The number of hydrogen-bond donors (Lipinski definition) is 1. The fraction of sp³-hybridized carbons (Fsp3) is 0.464. The Balaban J connectivity index is 1.04. The van der Waals surface area contributed by atoms with Gasteiger partial charge in [-0.1, -0.05) is 24.3 Å². The number of anilines is 1. The summed E-state index contributed by atoms with van der Waals surface area (Å²) in [6, 6.07) is 13.8. The molecule has 6 nitrogen and oxygen atoms in total. The van der Waals surface area contributed by atoms with E-state index in [1.165, 1.54) is 6.07 Å². The van der Waals surface area contributed by atoms with Crippen LogP contribution in [-0.4, -0.2) is 59.5 Å². The van der Waals surface area contributed by atoms with Gasteiger partial charge in [-0.2, -0.15) is 13.2 Å². The van der Waals surface area contributed by atoms with Crippen LogP contribution in [0.2, 0.25) is 0 Å². The second-order valence-corrected chi connectivity index (χ2v) is 10.1. The Bertz CT molecular complexity index is 1210. The summed E-state index contributed by atoms with van der Waals surface area (Å²) in [6.45, 7) is 3.99. The summed E-state index contributed by atoms with van der Waals surface area (Å²) in [5.74, 6) is 1.00. The Hall–Kier alpha value is -3.20. The summed E-state index contributed by atoms with van der Waals surface area (Å²) in [5, 5.41) is 4.10. The molecule has 0 spiro atoms. The quantitative estimate of drug-likeness (QED) is 0.496. The molecule has 1 aliphatic carbocycles. The smallest absolute Gasteiger partial charge is 0.354 e. The van der Waals surface area contributed by atoms with Crippen molar-refractivity contribution in [3.05, 3.63) is 66.0 Å². The van der Waals surface area contributed by atoms with Crippen LogP contribution in [0.25, 0.3) is 10.9 Å². The van der Waals surface area contributed by atoms with Crippen molar-refractivity contribution >= 4 is 22.6 Å². The highest BCUT2D eigenvalue weighted by atomic mass is 19.4. The minimum Gasteiger partial charge on any atom is -0.354 e. The molecule has 1 aromatic carbocycles. The average molecular weight is 512 g/mol. The lowest BCUT2D eigenvalue weighted by Gasteiger charge is -2.37. The van der Waals surface area contributed by atoms with Gasteiger partial charge in [-0.25, -0.2) is 4.98 Å². The van der Waals surface area contributed by atoms with Crippen molar-refractivity contribution in [1.82, 2.24) is 20.2 Å². The number of piperazine rings is 1. The second kappa shape index (κ2) is 11.0. The maximum Gasteiger partial charge on any atom is 0.433 e. The lowest BCUT2D eigenvalue weighted by Crippen LogP contribution is -2.47. The summed E-state index contributed by atoms with van der Waals surface area (Å²) >= 11 is 0. The van der Waals surface area contributed by atoms with Crippen LogP contribution in [0.5, 0.6) is 0 Å². The van der Waals surface area contributed by atoms with E-state index in [0.717, 1.165) is 68.7 Å². The Morgan fingerprint density at radius 3 is 2.46 bits per heavy atom. The minimum atomic E-state index is -4.42. The van der Waals surface area contributed by atoms with E-state index in [0.29, 0.717) is 30.4 Å². The standard InChI is InChI=1S/C28H32F3N5O/c29-28(30,31)25-6-3-7-26(34-25)36-18-16-35(17-19-36)15-13-20-8-10-21(11-9-20)33-27(37)23-12-14-32-24-5-2-1-4-22(23)24/h1-7,12,14,20-21H,8-11,13,15-19H2,(H,33,37). The Labute approximate surface area is 214 Å². The highest BCUT2D eigenvalue weighted by molar-refractivity contribution is 6.06. The Kier molecular flexibility index (Phi) is 7.60. The number of fused-ring (bicyclic) bond motifs is 1. The number of nitrogens with zero attached hydrogens (tertiary/aromatic N) is 4. The molecule has 196 valence electrons. The number of halogens is 3. The van der Waals surface area contributed by atoms with Crippen molar-refractivity contribution in [2.45, 2.75) is 44.3 Å². The van der Waals surface area contributed by atoms with Gasteiger partial charge in [0, 0.05) is 43.8 Å². The van der Waals surface area contributed by atoms with E-state index in [2.05, 4.69) is 20.2 Å². The Morgan fingerprint density at radius 1 is 0.946 bits per heavy atom. The number of amides is 1. The molecule has 1 N–H and O–H groups in total. The second-order valence-electron chi connectivity index (χ2n) is 10.1. The fourth-order valence-electron chi connectivity index (χ4n) is 5.48. The van der Waals surface area contributed by atoms with Crippen LogP contribution in [0, 0.1) is 5.92 Å². The number of rotatable bonds is 6. The van der Waals surface area contributed by atoms with Crippen LogP contribution in [0.4, 0.5) is 19.0 Å². The largest absolute Gasteiger partial charge is 0.433 e. The van der Waals surface area contributed by atoms with E-state index in [1.807, 2.05) is 29.2 Å². The molecule has 1 saturated heterocycles. The minimum absolute atomic E-state index is 0.0322. The number of aromatic nitrogens is 2. The summed E-state index contributed by atoms with van der Waals surface area (Å²) in [4.78, 5) is 25.4. The monoisotopic (exact) mass is 511 g/mol. The van der Waals surface area contributed by atoms with E-state index >= 15 is 0 Å². The number of benzene rings is 1. The van der Waals surface area contributed by atoms with Gasteiger partial charge in [-0.3, -0.25) is 14.7 Å². The van der Waals surface area contributed by atoms with Crippen LogP contribution in [-0.2, 0) is 6.18 Å². The van der Waals surface area contributed by atoms with Crippen molar-refractivity contribution in [2.75, 3.05) is 37.6 Å². The third kappa shape index (κ3) is 6.21. The third-order valence-corrected chi connectivity index (χ3v) is 7.65. The first kappa shape index (κ1) is 25.4. The first-order valence-electron chi connectivity index (χ1n) is 13.0. The Morgan fingerprint density at radius 2 is 1.70 bits per heavy atom. The topological polar surface area (TPSA) is 61.4 Å². The molecule has 2 aromatic heterocycles. The number of carbonyl (C=O) groups is 1. The third-order valence-electron chi connectivity index (χ3n) is 7.65. The summed E-state index contributed by atoms with van der Waals surface area (Å²) < 4.78 is 38.9. The molecule has 3 heterocycles. The number of alkyl halides is 3. The molecule has 2 aliphatic rings. The van der Waals surface area contributed by atoms with Gasteiger partial charge in [0.1, 0.15) is 11.5 Å². The van der Waals surface area contributed by atoms with Crippen LogP contribution >= 0.6 is 0 Å². The summed E-state index contributed by atoms with van der Waals surface area (Å²) in [7, 11) is 0. The zero-order chi connectivity index (χ0) is 25.8. The van der Waals surface area contributed by atoms with Gasteiger partial charge in [-0.15, -0.1) is 0 Å². The molecule has 5 rings (SSSR count). The first-order valence-corrected chi connectivity index (χ1v) is 13.0. The number of carbonyl (C=O) groups excluding carboxylic acids is 1. The van der Waals surface area contributed by atoms with E-state index in [1.54, 1.807) is 18.3 Å². The lowest BCUT2D eigenvalue weighted by atomic mass is 9.84. The molecule has 3 aromatic rings. The van der Waals surface area contributed by atoms with Crippen molar-refractivity contribution in [3.8, 4) is 0 Å². The van der Waals surface area contributed by atoms with Gasteiger partial charge >= 0.3 is 6.18 Å². The zero-order valence-electron chi connectivity index (χ0n) is 20.8. The highest BCUT2D eigenvalue weighted by Crippen LogP contribution is 2.30. The number of nitrogens with one attached hydrogen (secondary N) is 1. The van der Waals surface area contributed by atoms with Gasteiger partial charge in [0.05, 0.1) is 11.1 Å². The van der Waals surface area contributed by atoms with Gasteiger partial charge in [0.2, 0.25) is 0 Å². The SMILES string of the molecule is O=C(NC1CCC(CCN2CCN(c3cccc(C(F)(F)F)n3)CC2)CC1)c1ccnc2ccccc12. The van der Waals surface area contributed by atoms with Crippen molar-refractivity contribution in [1.29, 1.82) is 0 Å². The van der Waals surface area contributed by atoms with Crippen LogP contribution in [0.1, 0.15) is 48.2 Å². The fourth-order valence-corrected chi connectivity index (χ4v) is 5.48. The molecule has 0 bridgehead atoms. The predicted octanol–water partition coefficient (Wildman–Crippen LogP) is 5.15. The first-order chi connectivity index (χ1) is 17.9. The number of pyridine rings is 2. The molecular formula is C28H32F3N5O. The average Bonchev–Trinajstić information content (AvgIpc) is 2.92. The van der Waals surface area contributed by atoms with E-state index in [-0.39, 0.29) is 11.9 Å².